The van der Waals surface area contributed by atoms with Crippen LogP contribution in [0.25, 0.3) is 0 Å². The molecule has 0 unspecified atom stereocenters. The summed E-state index contributed by atoms with van der Waals surface area (Å²) in [6.07, 6.45) is 3.38. The number of amides is 1. The molecule has 132 valence electrons. The van der Waals surface area contributed by atoms with Crippen molar-refractivity contribution in [3.63, 3.8) is 0 Å². The molecule has 3 nitrogen and oxygen atoms in total. The quantitative estimate of drug-likeness (QED) is 0.862. The van der Waals surface area contributed by atoms with E-state index in [9.17, 15) is 4.79 Å². The predicted molar refractivity (Wildman–Crippen MR) is 101 cm³/mol. The van der Waals surface area contributed by atoms with Gasteiger partial charge in [0.2, 0.25) is 0 Å². The number of hydrogen-bond acceptors (Lipinski definition) is 2. The zero-order chi connectivity index (χ0) is 17.8. The summed E-state index contributed by atoms with van der Waals surface area (Å²) in [5, 5.41) is 3.22. The molecule has 0 bridgehead atoms. The molecular formula is C22H27NO2. The van der Waals surface area contributed by atoms with Gasteiger partial charge in [0.15, 0.2) is 6.10 Å². The van der Waals surface area contributed by atoms with Crippen LogP contribution in [0.2, 0.25) is 0 Å². The lowest BCUT2D eigenvalue weighted by Gasteiger charge is -2.28. The van der Waals surface area contributed by atoms with Crippen LogP contribution in [0.3, 0.4) is 0 Å². The second-order valence-electron chi connectivity index (χ2n) is 6.87. The zero-order valence-corrected chi connectivity index (χ0v) is 15.3. The highest BCUT2D eigenvalue weighted by Crippen LogP contribution is 2.30. The molecule has 0 fully saturated rings. The van der Waals surface area contributed by atoms with Gasteiger partial charge >= 0.3 is 0 Å². The van der Waals surface area contributed by atoms with Crippen molar-refractivity contribution in [1.29, 1.82) is 0 Å². The van der Waals surface area contributed by atoms with E-state index in [0.717, 1.165) is 30.6 Å². The van der Waals surface area contributed by atoms with E-state index < -0.39 is 6.10 Å². The lowest BCUT2D eigenvalue weighted by Crippen LogP contribution is -2.41. The third-order valence-electron chi connectivity index (χ3n) is 5.17. The number of hydrogen-bond donors (Lipinski definition) is 1. The van der Waals surface area contributed by atoms with Crippen LogP contribution in [0.5, 0.6) is 5.75 Å². The summed E-state index contributed by atoms with van der Waals surface area (Å²) in [5.41, 5.74) is 4.87. The fraction of sp³-hybridized carbons (Fsp3) is 0.409. The van der Waals surface area contributed by atoms with Crippen LogP contribution >= 0.6 is 0 Å². The highest BCUT2D eigenvalue weighted by atomic mass is 16.5. The van der Waals surface area contributed by atoms with Crippen molar-refractivity contribution < 1.29 is 9.53 Å². The molecule has 1 amide bonds. The largest absolute Gasteiger partial charge is 0.480 e. The number of aryl methyl sites for hydroxylation is 2. The predicted octanol–water partition coefficient (Wildman–Crippen LogP) is 4.65. The fourth-order valence-electron chi connectivity index (χ4n) is 3.50. The van der Waals surface area contributed by atoms with Crippen molar-refractivity contribution in [2.75, 3.05) is 0 Å². The maximum Gasteiger partial charge on any atom is 0.261 e. The molecule has 0 saturated heterocycles. The van der Waals surface area contributed by atoms with Gasteiger partial charge < -0.3 is 10.1 Å². The Morgan fingerprint density at radius 1 is 1.20 bits per heavy atom. The van der Waals surface area contributed by atoms with Crippen LogP contribution in [0.15, 0.2) is 42.5 Å². The minimum atomic E-state index is -0.463. The summed E-state index contributed by atoms with van der Waals surface area (Å²) >= 11 is 0. The molecule has 0 saturated carbocycles. The van der Waals surface area contributed by atoms with Crippen molar-refractivity contribution in [1.82, 2.24) is 5.32 Å². The van der Waals surface area contributed by atoms with E-state index in [1.54, 1.807) is 0 Å². The maximum absolute atomic E-state index is 12.8. The van der Waals surface area contributed by atoms with Gasteiger partial charge in [0.1, 0.15) is 5.75 Å². The smallest absolute Gasteiger partial charge is 0.261 e. The van der Waals surface area contributed by atoms with Crippen LogP contribution in [0.1, 0.15) is 54.5 Å². The minimum Gasteiger partial charge on any atom is -0.480 e. The number of carbonyl (C=O) groups excluding carboxylic acids is 1. The third-order valence-corrected chi connectivity index (χ3v) is 5.17. The molecule has 2 atom stereocenters. The van der Waals surface area contributed by atoms with E-state index in [-0.39, 0.29) is 11.9 Å². The van der Waals surface area contributed by atoms with Gasteiger partial charge in [0, 0.05) is 0 Å². The van der Waals surface area contributed by atoms with E-state index in [1.165, 1.54) is 16.7 Å². The van der Waals surface area contributed by atoms with Crippen molar-refractivity contribution >= 4 is 5.91 Å². The molecular weight excluding hydrogens is 310 g/mol. The minimum absolute atomic E-state index is 0.0230. The normalized spacial score (nSPS) is 17.5. The Morgan fingerprint density at radius 3 is 2.80 bits per heavy atom. The van der Waals surface area contributed by atoms with Gasteiger partial charge in [0.25, 0.3) is 5.91 Å². The van der Waals surface area contributed by atoms with Gasteiger partial charge in [-0.05, 0) is 67.9 Å². The summed E-state index contributed by atoms with van der Waals surface area (Å²) in [7, 11) is 0. The SMILES string of the molecule is CC[C@@H](Oc1cccc(C)c1C)C(=O)N[C@H]1CCCc2ccccc21. The zero-order valence-electron chi connectivity index (χ0n) is 15.3. The average Bonchev–Trinajstić information content (AvgIpc) is 2.63. The molecule has 25 heavy (non-hydrogen) atoms. The van der Waals surface area contributed by atoms with E-state index in [4.69, 9.17) is 4.74 Å². The first kappa shape index (κ1) is 17.5. The molecule has 2 aromatic carbocycles. The van der Waals surface area contributed by atoms with Crippen LogP contribution < -0.4 is 10.1 Å². The second kappa shape index (κ2) is 7.73. The van der Waals surface area contributed by atoms with Crippen molar-refractivity contribution in [3.8, 4) is 5.75 Å². The Kier molecular flexibility index (Phi) is 5.42. The molecule has 3 rings (SSSR count). The number of nitrogens with one attached hydrogen (secondary N) is 1. The summed E-state index contributed by atoms with van der Waals surface area (Å²) in [6, 6.07) is 14.5. The molecule has 3 heteroatoms. The van der Waals surface area contributed by atoms with Crippen LogP contribution in [0.4, 0.5) is 0 Å². The lowest BCUT2D eigenvalue weighted by molar-refractivity contribution is -0.129. The van der Waals surface area contributed by atoms with Crippen LogP contribution in [-0.2, 0) is 11.2 Å². The Hall–Kier alpha value is -2.29. The molecule has 0 spiro atoms. The summed E-state index contributed by atoms with van der Waals surface area (Å²) in [4.78, 5) is 12.8. The topological polar surface area (TPSA) is 38.3 Å². The molecule has 0 aromatic heterocycles. The number of rotatable bonds is 5. The van der Waals surface area contributed by atoms with E-state index in [0.29, 0.717) is 6.42 Å². The molecule has 0 heterocycles. The summed E-state index contributed by atoms with van der Waals surface area (Å²) in [6.45, 7) is 6.08. The molecule has 1 aliphatic carbocycles. The van der Waals surface area contributed by atoms with Gasteiger partial charge in [-0.15, -0.1) is 0 Å². The molecule has 1 N–H and O–H groups in total. The first-order valence-corrected chi connectivity index (χ1v) is 9.21. The molecule has 0 aliphatic heterocycles. The van der Waals surface area contributed by atoms with Gasteiger partial charge in [-0.3, -0.25) is 4.79 Å². The number of ether oxygens (including phenoxy) is 1. The third kappa shape index (κ3) is 3.87. The second-order valence-corrected chi connectivity index (χ2v) is 6.87. The molecule has 1 aliphatic rings. The number of fused-ring (bicyclic) bond motifs is 1. The first-order valence-electron chi connectivity index (χ1n) is 9.21. The molecule has 2 aromatic rings. The van der Waals surface area contributed by atoms with Gasteiger partial charge in [-0.1, -0.05) is 43.3 Å². The first-order chi connectivity index (χ1) is 12.1. The lowest BCUT2D eigenvalue weighted by atomic mass is 9.87. The van der Waals surface area contributed by atoms with Gasteiger partial charge in [-0.25, -0.2) is 0 Å². The average molecular weight is 337 g/mol. The Bertz CT molecular complexity index is 753. The van der Waals surface area contributed by atoms with Crippen LogP contribution in [0, 0.1) is 13.8 Å². The highest BCUT2D eigenvalue weighted by molar-refractivity contribution is 5.81. The van der Waals surface area contributed by atoms with Crippen molar-refractivity contribution in [2.45, 2.75) is 58.6 Å². The van der Waals surface area contributed by atoms with Gasteiger partial charge in [-0.2, -0.15) is 0 Å². The Morgan fingerprint density at radius 2 is 2.00 bits per heavy atom. The molecule has 0 radical (unpaired) electrons. The van der Waals surface area contributed by atoms with Crippen molar-refractivity contribution in [2.24, 2.45) is 0 Å². The summed E-state index contributed by atoms with van der Waals surface area (Å²) in [5.74, 6) is 0.774. The Balaban J connectivity index is 1.72. The van der Waals surface area contributed by atoms with E-state index in [2.05, 4.69) is 36.5 Å². The van der Waals surface area contributed by atoms with Crippen LogP contribution in [-0.4, -0.2) is 12.0 Å². The maximum atomic E-state index is 12.8. The monoisotopic (exact) mass is 337 g/mol. The van der Waals surface area contributed by atoms with E-state index >= 15 is 0 Å². The highest BCUT2D eigenvalue weighted by Gasteiger charge is 2.26. The standard InChI is InChI=1S/C22H27NO2/c1-4-20(25-21-14-7-9-15(2)16(21)3)22(24)23-19-13-8-11-17-10-5-6-12-18(17)19/h5-7,9-10,12,14,19-20H,4,8,11,13H2,1-3H3,(H,23,24)/t19-,20+/m0/s1. The number of carbonyl (C=O) groups is 1. The fourth-order valence-corrected chi connectivity index (χ4v) is 3.50. The van der Waals surface area contributed by atoms with Gasteiger partial charge in [0.05, 0.1) is 6.04 Å². The Labute approximate surface area is 150 Å². The summed E-state index contributed by atoms with van der Waals surface area (Å²) < 4.78 is 6.05. The number of benzene rings is 2. The van der Waals surface area contributed by atoms with Crippen molar-refractivity contribution in [3.05, 3.63) is 64.7 Å². The van der Waals surface area contributed by atoms with E-state index in [1.807, 2.05) is 32.0 Å².